The van der Waals surface area contributed by atoms with Gasteiger partial charge in [0.25, 0.3) is 0 Å². The third-order valence-electron chi connectivity index (χ3n) is 8.63. The fraction of sp³-hybridized carbons (Fsp3) is 0.707. The summed E-state index contributed by atoms with van der Waals surface area (Å²) in [6, 6.07) is 6.18. The van der Waals surface area contributed by atoms with Gasteiger partial charge < -0.3 is 29.4 Å². The number of benzene rings is 1. The summed E-state index contributed by atoms with van der Waals surface area (Å²) in [7, 11) is 2.68. The van der Waals surface area contributed by atoms with Crippen molar-refractivity contribution in [3.8, 4) is 5.75 Å². The number of methoxy groups -OCH3 is 2. The van der Waals surface area contributed by atoms with Crippen LogP contribution in [0.5, 0.6) is 5.75 Å². The number of ketones is 1. The Morgan fingerprint density at radius 1 is 0.824 bits per heavy atom. The predicted octanol–water partition coefficient (Wildman–Crippen LogP) is 7.62. The average Bonchev–Trinajstić information content (AvgIpc) is 3.09. The minimum atomic E-state index is -2.28. The summed E-state index contributed by atoms with van der Waals surface area (Å²) < 4.78 is 21.6. The first-order valence-corrected chi connectivity index (χ1v) is 19.0. The Morgan fingerprint density at radius 2 is 1.43 bits per heavy atom. The largest absolute Gasteiger partial charge is 0.494 e. The van der Waals surface area contributed by atoms with Crippen LogP contribution in [0.4, 0.5) is 0 Å². The number of unbranched alkanes of at least 4 members (excludes halogenated alkanes) is 9. The van der Waals surface area contributed by atoms with Crippen LogP contribution in [-0.4, -0.2) is 73.4 Å². The first-order chi connectivity index (χ1) is 24.3. The maximum atomic E-state index is 14.0. The predicted molar refractivity (Wildman–Crippen MR) is 200 cm³/mol. The highest BCUT2D eigenvalue weighted by atomic mass is 16.6. The Hall–Kier alpha value is -3.24. The van der Waals surface area contributed by atoms with Crippen molar-refractivity contribution in [2.75, 3.05) is 27.4 Å². The van der Waals surface area contributed by atoms with Gasteiger partial charge in [-0.15, -0.1) is 0 Å². The molecule has 1 amide bonds. The van der Waals surface area contributed by atoms with Crippen molar-refractivity contribution in [2.45, 2.75) is 155 Å². The van der Waals surface area contributed by atoms with Crippen LogP contribution < -0.4 is 10.1 Å². The lowest BCUT2D eigenvalue weighted by atomic mass is 9.82. The van der Waals surface area contributed by atoms with Crippen LogP contribution in [0.25, 0.3) is 0 Å². The van der Waals surface area contributed by atoms with Crippen LogP contribution in [0.3, 0.4) is 0 Å². The molecule has 2 N–H and O–H groups in total. The Labute approximate surface area is 307 Å². The van der Waals surface area contributed by atoms with E-state index in [4.69, 9.17) is 18.9 Å². The molecule has 0 aliphatic carbocycles. The van der Waals surface area contributed by atoms with E-state index >= 15 is 0 Å². The molecule has 0 aromatic heterocycles. The van der Waals surface area contributed by atoms with Gasteiger partial charge in [0.1, 0.15) is 23.2 Å². The van der Waals surface area contributed by atoms with Crippen molar-refractivity contribution in [1.82, 2.24) is 5.32 Å². The van der Waals surface area contributed by atoms with E-state index in [1.54, 1.807) is 26.8 Å². The Balaban J connectivity index is 3.06. The van der Waals surface area contributed by atoms with Gasteiger partial charge in [-0.05, 0) is 70.6 Å². The van der Waals surface area contributed by atoms with E-state index in [-0.39, 0.29) is 19.4 Å². The van der Waals surface area contributed by atoms with Crippen molar-refractivity contribution in [2.24, 2.45) is 5.92 Å². The van der Waals surface area contributed by atoms with E-state index in [9.17, 15) is 24.3 Å². The van der Waals surface area contributed by atoms with Crippen molar-refractivity contribution in [3.05, 3.63) is 42.0 Å². The van der Waals surface area contributed by atoms with Crippen molar-refractivity contribution >= 4 is 23.6 Å². The lowest BCUT2D eigenvalue weighted by molar-refractivity contribution is -0.185. The summed E-state index contributed by atoms with van der Waals surface area (Å²) in [6.07, 6.45) is 16.2. The zero-order chi connectivity index (χ0) is 38.1. The molecule has 3 atom stereocenters. The number of aliphatic hydroxyl groups is 1. The molecule has 10 nitrogen and oxygen atoms in total. The standard InChI is InChI=1S/C41H67NO9/c1-8-10-12-15-18-21-33(43)22-19-16-13-14-17-20-23-35(41(47,28-30-48-6)39(46)51-40(3,4)5)37(44)42-36(38(45)49-7)31-32-24-26-34(27-25-32)50-29-11-9-2/h20,23-27,35-36,47H,8-19,21-22,28-31H2,1-7H3,(H,42,44)/b23-20+/t35-,36+,41+/m1/s1. The molecule has 0 radical (unpaired) electrons. The lowest BCUT2D eigenvalue weighted by Crippen LogP contribution is -2.56. The highest BCUT2D eigenvalue weighted by molar-refractivity contribution is 5.93. The number of carbonyl (C=O) groups is 4. The van der Waals surface area contributed by atoms with E-state index in [1.807, 2.05) is 24.3 Å². The molecule has 1 rings (SSSR count). The minimum Gasteiger partial charge on any atom is -0.494 e. The second-order valence-corrected chi connectivity index (χ2v) is 14.4. The minimum absolute atomic E-state index is 0.0159. The molecule has 1 aromatic carbocycles. The summed E-state index contributed by atoms with van der Waals surface area (Å²) in [5.41, 5.74) is -2.45. The number of amides is 1. The molecular weight excluding hydrogens is 650 g/mol. The topological polar surface area (TPSA) is 137 Å². The Morgan fingerprint density at radius 3 is 2.00 bits per heavy atom. The van der Waals surface area contributed by atoms with Gasteiger partial charge in [0.05, 0.1) is 19.6 Å². The number of hydrogen-bond donors (Lipinski definition) is 2. The first-order valence-electron chi connectivity index (χ1n) is 19.0. The second kappa shape index (κ2) is 25.7. The average molecular weight is 718 g/mol. The number of carbonyl (C=O) groups excluding carboxylic acids is 4. The van der Waals surface area contributed by atoms with Crippen molar-refractivity contribution < 1.29 is 43.2 Å². The number of hydrogen-bond acceptors (Lipinski definition) is 9. The monoisotopic (exact) mass is 717 g/mol. The van der Waals surface area contributed by atoms with Crippen LogP contribution in [0.1, 0.15) is 136 Å². The molecule has 0 bridgehead atoms. The lowest BCUT2D eigenvalue weighted by Gasteiger charge is -2.35. The number of esters is 2. The summed E-state index contributed by atoms with van der Waals surface area (Å²) in [5.74, 6) is -2.70. The fourth-order valence-corrected chi connectivity index (χ4v) is 5.58. The maximum absolute atomic E-state index is 14.0. The fourth-order valence-electron chi connectivity index (χ4n) is 5.58. The van der Waals surface area contributed by atoms with Gasteiger partial charge in [-0.2, -0.15) is 0 Å². The van der Waals surface area contributed by atoms with E-state index in [1.165, 1.54) is 39.6 Å². The molecule has 0 aliphatic heterocycles. The van der Waals surface area contributed by atoms with Crippen LogP contribution in [-0.2, 0) is 39.8 Å². The van der Waals surface area contributed by atoms with Gasteiger partial charge in [-0.25, -0.2) is 9.59 Å². The quantitative estimate of drug-likeness (QED) is 0.0510. The Kier molecular flexibility index (Phi) is 23.0. The highest BCUT2D eigenvalue weighted by Crippen LogP contribution is 2.29. The van der Waals surface area contributed by atoms with Crippen LogP contribution in [0.2, 0.25) is 0 Å². The second-order valence-electron chi connectivity index (χ2n) is 14.4. The zero-order valence-electron chi connectivity index (χ0n) is 32.6. The summed E-state index contributed by atoms with van der Waals surface area (Å²) in [5, 5.41) is 14.7. The van der Waals surface area contributed by atoms with Gasteiger partial charge >= 0.3 is 11.9 Å². The maximum Gasteiger partial charge on any atom is 0.339 e. The SMILES string of the molecule is CCCCCCCC(=O)CCCCCC/C=C/[C@H](C(=O)N[C@@H](Cc1ccc(OCCCC)cc1)C(=O)OC)[C@@](O)(CCOC)C(=O)OC(C)(C)C. The summed E-state index contributed by atoms with van der Waals surface area (Å²) in [6.45, 7) is 9.90. The molecule has 290 valence electrons. The molecule has 0 unspecified atom stereocenters. The van der Waals surface area contributed by atoms with Gasteiger partial charge in [-0.3, -0.25) is 9.59 Å². The molecule has 0 heterocycles. The molecule has 0 saturated carbocycles. The van der Waals surface area contributed by atoms with Gasteiger partial charge in [-0.1, -0.05) is 83.1 Å². The number of allylic oxidation sites excluding steroid dienone is 1. The normalized spacial score (nSPS) is 14.0. The molecule has 1 aromatic rings. The molecule has 0 fully saturated rings. The van der Waals surface area contributed by atoms with E-state index in [0.717, 1.165) is 56.9 Å². The van der Waals surface area contributed by atoms with Gasteiger partial charge in [0, 0.05) is 39.4 Å². The number of ether oxygens (including phenoxy) is 4. The van der Waals surface area contributed by atoms with Crippen molar-refractivity contribution in [3.63, 3.8) is 0 Å². The number of Topliss-reactive ketones (excluding diaryl/α,β-unsaturated/α-hetero) is 1. The molecule has 0 spiro atoms. The first kappa shape index (κ1) is 45.8. The third-order valence-corrected chi connectivity index (χ3v) is 8.63. The third kappa shape index (κ3) is 19.3. The summed E-state index contributed by atoms with van der Waals surface area (Å²) in [4.78, 5) is 52.6. The van der Waals surface area contributed by atoms with Gasteiger partial charge in [0.2, 0.25) is 5.91 Å². The van der Waals surface area contributed by atoms with E-state index in [2.05, 4.69) is 19.2 Å². The number of rotatable bonds is 28. The zero-order valence-corrected chi connectivity index (χ0v) is 32.6. The van der Waals surface area contributed by atoms with Crippen LogP contribution in [0.15, 0.2) is 36.4 Å². The smallest absolute Gasteiger partial charge is 0.339 e. The Bertz CT molecular complexity index is 1170. The van der Waals surface area contributed by atoms with E-state index in [0.29, 0.717) is 37.4 Å². The summed E-state index contributed by atoms with van der Waals surface area (Å²) >= 11 is 0. The molecule has 0 saturated heterocycles. The van der Waals surface area contributed by atoms with Gasteiger partial charge in [0.15, 0.2) is 5.60 Å². The molecule has 10 heteroatoms. The highest BCUT2D eigenvalue weighted by Gasteiger charge is 2.49. The van der Waals surface area contributed by atoms with Crippen LogP contribution in [0, 0.1) is 5.92 Å². The van der Waals surface area contributed by atoms with Crippen molar-refractivity contribution in [1.29, 1.82) is 0 Å². The number of nitrogens with one attached hydrogen (secondary N) is 1. The molecular formula is C41H67NO9. The molecule has 51 heavy (non-hydrogen) atoms. The van der Waals surface area contributed by atoms with Crippen LogP contribution >= 0.6 is 0 Å². The molecule has 0 aliphatic rings. The van der Waals surface area contributed by atoms with E-state index < -0.39 is 41.0 Å².